The highest BCUT2D eigenvalue weighted by Gasteiger charge is 2.29. The SMILES string of the molecule is Cc1nn(C(C)C)c2cn(CC(=O)N[C@@H]3CCS(=O)(=O)C3)nc12. The number of rotatable bonds is 4. The maximum Gasteiger partial charge on any atom is 0.241 e. The lowest BCUT2D eigenvalue weighted by Gasteiger charge is -2.10. The molecule has 1 atom stereocenters. The van der Waals surface area contributed by atoms with Gasteiger partial charge in [-0.3, -0.25) is 14.2 Å². The zero-order chi connectivity index (χ0) is 16.8. The summed E-state index contributed by atoms with van der Waals surface area (Å²) < 4.78 is 26.3. The molecule has 1 fully saturated rings. The quantitative estimate of drug-likeness (QED) is 0.871. The second-order valence-corrected chi connectivity index (χ2v) is 8.58. The van der Waals surface area contributed by atoms with Crippen LogP contribution in [0.3, 0.4) is 0 Å². The maximum atomic E-state index is 12.1. The number of carbonyl (C=O) groups is 1. The zero-order valence-electron chi connectivity index (χ0n) is 13.5. The number of aryl methyl sites for hydroxylation is 1. The van der Waals surface area contributed by atoms with Crippen molar-refractivity contribution in [3.05, 3.63) is 11.9 Å². The van der Waals surface area contributed by atoms with Gasteiger partial charge in [0.25, 0.3) is 0 Å². The molecule has 8 nitrogen and oxygen atoms in total. The molecular formula is C14H21N5O3S. The number of nitrogens with one attached hydrogen (secondary N) is 1. The molecule has 1 N–H and O–H groups in total. The zero-order valence-corrected chi connectivity index (χ0v) is 14.3. The van der Waals surface area contributed by atoms with Crippen LogP contribution in [0.4, 0.5) is 0 Å². The van der Waals surface area contributed by atoms with Crippen LogP contribution in [-0.2, 0) is 21.2 Å². The molecule has 0 aromatic carbocycles. The predicted octanol–water partition coefficient (Wildman–Crippen LogP) is 0.425. The van der Waals surface area contributed by atoms with Crippen molar-refractivity contribution in [2.45, 2.75) is 45.8 Å². The van der Waals surface area contributed by atoms with Crippen molar-refractivity contribution < 1.29 is 13.2 Å². The Morgan fingerprint density at radius 3 is 2.78 bits per heavy atom. The highest BCUT2D eigenvalue weighted by atomic mass is 32.2. The smallest absolute Gasteiger partial charge is 0.241 e. The summed E-state index contributed by atoms with van der Waals surface area (Å²) in [6.45, 7) is 6.04. The first-order valence-electron chi connectivity index (χ1n) is 7.67. The first-order chi connectivity index (χ1) is 10.7. The van der Waals surface area contributed by atoms with Gasteiger partial charge < -0.3 is 5.32 Å². The lowest BCUT2D eigenvalue weighted by molar-refractivity contribution is -0.122. The Morgan fingerprint density at radius 1 is 1.43 bits per heavy atom. The molecule has 2 aromatic rings. The number of hydrogen-bond donors (Lipinski definition) is 1. The van der Waals surface area contributed by atoms with Crippen molar-refractivity contribution in [2.75, 3.05) is 11.5 Å². The lowest BCUT2D eigenvalue weighted by atomic mass is 10.2. The summed E-state index contributed by atoms with van der Waals surface area (Å²) in [7, 11) is -3.00. The second kappa shape index (κ2) is 5.63. The number of nitrogens with zero attached hydrogens (tertiary/aromatic N) is 4. The fourth-order valence-corrected chi connectivity index (χ4v) is 4.58. The van der Waals surface area contributed by atoms with E-state index in [1.807, 2.05) is 25.5 Å². The van der Waals surface area contributed by atoms with E-state index in [0.717, 1.165) is 16.7 Å². The summed E-state index contributed by atoms with van der Waals surface area (Å²) in [5.41, 5.74) is 2.51. The number of fused-ring (bicyclic) bond motifs is 1. The second-order valence-electron chi connectivity index (χ2n) is 6.35. The molecule has 1 aliphatic heterocycles. The molecule has 0 unspecified atom stereocenters. The normalized spacial score (nSPS) is 20.4. The van der Waals surface area contributed by atoms with Gasteiger partial charge in [0.15, 0.2) is 9.84 Å². The first-order valence-corrected chi connectivity index (χ1v) is 9.49. The van der Waals surface area contributed by atoms with Gasteiger partial charge in [-0.15, -0.1) is 0 Å². The number of sulfone groups is 1. The molecule has 9 heteroatoms. The Morgan fingerprint density at radius 2 is 2.17 bits per heavy atom. The molecule has 3 rings (SSSR count). The van der Waals surface area contributed by atoms with Crippen molar-refractivity contribution in [3.63, 3.8) is 0 Å². The number of amides is 1. The standard InChI is InChI=1S/C14H21N5O3S/c1-9(2)19-12-6-18(17-14(12)10(3)16-19)7-13(20)15-11-4-5-23(21,22)8-11/h6,9,11H,4-5,7-8H2,1-3H3,(H,15,20)/t11-/m1/s1. The molecule has 2 aromatic heterocycles. The summed E-state index contributed by atoms with van der Waals surface area (Å²) in [5.74, 6) is -0.0483. The van der Waals surface area contributed by atoms with Gasteiger partial charge in [0.2, 0.25) is 5.91 Å². The Labute approximate surface area is 134 Å². The molecule has 3 heterocycles. The van der Waals surface area contributed by atoms with Crippen LogP contribution in [-0.4, -0.2) is 51.4 Å². The average molecular weight is 339 g/mol. The lowest BCUT2D eigenvalue weighted by Crippen LogP contribution is -2.37. The van der Waals surface area contributed by atoms with Gasteiger partial charge in [-0.25, -0.2) is 8.42 Å². The molecule has 1 saturated heterocycles. The van der Waals surface area contributed by atoms with Crippen molar-refractivity contribution in [1.82, 2.24) is 24.9 Å². The summed E-state index contributed by atoms with van der Waals surface area (Å²) in [5, 5.41) is 11.6. The number of carbonyl (C=O) groups excluding carboxylic acids is 1. The summed E-state index contributed by atoms with van der Waals surface area (Å²) in [4.78, 5) is 12.1. The van der Waals surface area contributed by atoms with Crippen LogP contribution in [0.1, 0.15) is 32.0 Å². The molecule has 0 bridgehead atoms. The fraction of sp³-hybridized carbons (Fsp3) is 0.643. The van der Waals surface area contributed by atoms with Gasteiger partial charge in [0, 0.05) is 12.1 Å². The first kappa shape index (κ1) is 16.0. The van der Waals surface area contributed by atoms with Crippen molar-refractivity contribution in [3.8, 4) is 0 Å². The van der Waals surface area contributed by atoms with Gasteiger partial charge in [-0.1, -0.05) is 0 Å². The van der Waals surface area contributed by atoms with Crippen LogP contribution in [0.15, 0.2) is 6.20 Å². The van der Waals surface area contributed by atoms with E-state index in [0.29, 0.717) is 6.42 Å². The van der Waals surface area contributed by atoms with Crippen LogP contribution in [0.25, 0.3) is 11.0 Å². The molecular weight excluding hydrogens is 318 g/mol. The van der Waals surface area contributed by atoms with Crippen molar-refractivity contribution in [1.29, 1.82) is 0 Å². The Hall–Kier alpha value is -1.90. The van der Waals surface area contributed by atoms with E-state index in [2.05, 4.69) is 15.5 Å². The Balaban J connectivity index is 1.72. The van der Waals surface area contributed by atoms with Crippen LogP contribution >= 0.6 is 0 Å². The minimum Gasteiger partial charge on any atom is -0.351 e. The van der Waals surface area contributed by atoms with Crippen LogP contribution in [0.5, 0.6) is 0 Å². The summed E-state index contributed by atoms with van der Waals surface area (Å²) >= 11 is 0. The third kappa shape index (κ3) is 3.24. The highest BCUT2D eigenvalue weighted by molar-refractivity contribution is 7.91. The third-order valence-electron chi connectivity index (χ3n) is 3.98. The third-order valence-corrected chi connectivity index (χ3v) is 5.75. The average Bonchev–Trinajstić information content (AvgIpc) is 3.06. The Kier molecular flexibility index (Phi) is 3.91. The van der Waals surface area contributed by atoms with E-state index >= 15 is 0 Å². The van der Waals surface area contributed by atoms with Gasteiger partial charge in [0.05, 0.1) is 23.4 Å². The van der Waals surface area contributed by atoms with Gasteiger partial charge in [0.1, 0.15) is 17.6 Å². The van der Waals surface area contributed by atoms with E-state index in [1.165, 1.54) is 0 Å². The van der Waals surface area contributed by atoms with E-state index < -0.39 is 9.84 Å². The van der Waals surface area contributed by atoms with Crippen molar-refractivity contribution >= 4 is 26.8 Å². The molecule has 0 aliphatic carbocycles. The summed E-state index contributed by atoms with van der Waals surface area (Å²) in [6, 6.07) is -0.0771. The number of aromatic nitrogens is 4. The number of hydrogen-bond acceptors (Lipinski definition) is 5. The predicted molar refractivity (Wildman–Crippen MR) is 85.8 cm³/mol. The van der Waals surface area contributed by atoms with E-state index in [1.54, 1.807) is 10.9 Å². The highest BCUT2D eigenvalue weighted by Crippen LogP contribution is 2.19. The maximum absolute atomic E-state index is 12.1. The van der Waals surface area contributed by atoms with Crippen LogP contribution in [0, 0.1) is 6.92 Å². The molecule has 126 valence electrons. The van der Waals surface area contributed by atoms with Gasteiger partial charge in [-0.05, 0) is 27.2 Å². The van der Waals surface area contributed by atoms with E-state index in [-0.39, 0.29) is 36.0 Å². The molecule has 0 radical (unpaired) electrons. The monoisotopic (exact) mass is 339 g/mol. The van der Waals surface area contributed by atoms with E-state index in [9.17, 15) is 13.2 Å². The largest absolute Gasteiger partial charge is 0.351 e. The Bertz CT molecular complexity index is 849. The van der Waals surface area contributed by atoms with Crippen LogP contribution in [0.2, 0.25) is 0 Å². The minimum absolute atomic E-state index is 0.0290. The molecule has 0 saturated carbocycles. The fourth-order valence-electron chi connectivity index (χ4n) is 2.90. The van der Waals surface area contributed by atoms with Crippen molar-refractivity contribution in [2.24, 2.45) is 0 Å². The molecule has 0 spiro atoms. The molecule has 23 heavy (non-hydrogen) atoms. The van der Waals surface area contributed by atoms with Gasteiger partial charge in [-0.2, -0.15) is 10.2 Å². The molecule has 1 aliphatic rings. The van der Waals surface area contributed by atoms with E-state index in [4.69, 9.17) is 0 Å². The molecule has 1 amide bonds. The van der Waals surface area contributed by atoms with Gasteiger partial charge >= 0.3 is 0 Å². The summed E-state index contributed by atoms with van der Waals surface area (Å²) in [6.07, 6.45) is 2.29. The minimum atomic E-state index is -3.00. The van der Waals surface area contributed by atoms with Crippen LogP contribution < -0.4 is 5.32 Å². The topological polar surface area (TPSA) is 98.9 Å².